The van der Waals surface area contributed by atoms with Crippen molar-refractivity contribution in [1.82, 2.24) is 15.1 Å². The van der Waals surface area contributed by atoms with Crippen LogP contribution in [0, 0.1) is 0 Å². The normalized spacial score (nSPS) is 10.1. The molecule has 0 unspecified atom stereocenters. The van der Waals surface area contributed by atoms with Gasteiger partial charge in [-0.1, -0.05) is 5.16 Å². The fraction of sp³-hybridized carbons (Fsp3) is 0.222. The lowest BCUT2D eigenvalue weighted by atomic mass is 10.3. The summed E-state index contributed by atoms with van der Waals surface area (Å²) in [4.78, 5) is 7.92. The quantitative estimate of drug-likeness (QED) is 0.495. The van der Waals surface area contributed by atoms with Gasteiger partial charge in [0.2, 0.25) is 6.39 Å². The molecule has 84 valence electrons. The van der Waals surface area contributed by atoms with Gasteiger partial charge in [0.1, 0.15) is 5.82 Å². The standard InChI is InChI=1S/C9H12N6O/c10-14-9-5-7(1-3-12-9)11-4-2-8-13-6-16-15-8/h1,3,5-6H,2,4,10H2,(H2,11,12,14). The van der Waals surface area contributed by atoms with Crippen LogP contribution in [0.3, 0.4) is 0 Å². The van der Waals surface area contributed by atoms with Gasteiger partial charge in [-0.3, -0.25) is 0 Å². The summed E-state index contributed by atoms with van der Waals surface area (Å²) in [7, 11) is 0. The molecule has 7 heteroatoms. The summed E-state index contributed by atoms with van der Waals surface area (Å²) in [5, 5.41) is 6.91. The van der Waals surface area contributed by atoms with Crippen LogP contribution in [0.2, 0.25) is 0 Å². The molecule has 0 aliphatic heterocycles. The molecule has 0 fully saturated rings. The van der Waals surface area contributed by atoms with Gasteiger partial charge < -0.3 is 15.3 Å². The molecular formula is C9H12N6O. The van der Waals surface area contributed by atoms with E-state index in [9.17, 15) is 0 Å². The Morgan fingerprint density at radius 1 is 1.38 bits per heavy atom. The summed E-state index contributed by atoms with van der Waals surface area (Å²) >= 11 is 0. The van der Waals surface area contributed by atoms with Crippen molar-refractivity contribution < 1.29 is 4.52 Å². The number of hydrazine groups is 1. The minimum absolute atomic E-state index is 0.615. The van der Waals surface area contributed by atoms with Crippen molar-refractivity contribution in [2.75, 3.05) is 17.3 Å². The largest absolute Gasteiger partial charge is 0.384 e. The highest BCUT2D eigenvalue weighted by atomic mass is 16.5. The maximum absolute atomic E-state index is 5.25. The molecule has 2 heterocycles. The average Bonchev–Trinajstić information content (AvgIpc) is 2.82. The number of aromatic nitrogens is 3. The number of rotatable bonds is 5. The summed E-state index contributed by atoms with van der Waals surface area (Å²) in [6.45, 7) is 0.716. The van der Waals surface area contributed by atoms with Crippen molar-refractivity contribution in [2.24, 2.45) is 5.84 Å². The number of nitrogens with one attached hydrogen (secondary N) is 2. The Hall–Kier alpha value is -2.15. The minimum Gasteiger partial charge on any atom is -0.384 e. The molecule has 0 atom stereocenters. The fourth-order valence-electron chi connectivity index (χ4n) is 1.24. The highest BCUT2D eigenvalue weighted by Gasteiger charge is 1.98. The predicted octanol–water partition coefficient (Wildman–Crippen LogP) is 0.405. The van der Waals surface area contributed by atoms with Crippen LogP contribution in [0.15, 0.2) is 29.2 Å². The Balaban J connectivity index is 1.85. The summed E-state index contributed by atoms with van der Waals surface area (Å²) < 4.78 is 4.63. The first-order chi connectivity index (χ1) is 7.88. The van der Waals surface area contributed by atoms with Crippen molar-refractivity contribution in [3.8, 4) is 0 Å². The van der Waals surface area contributed by atoms with Gasteiger partial charge in [0.25, 0.3) is 0 Å². The van der Waals surface area contributed by atoms with Gasteiger partial charge in [-0.25, -0.2) is 10.8 Å². The van der Waals surface area contributed by atoms with E-state index < -0.39 is 0 Å². The predicted molar refractivity (Wildman–Crippen MR) is 58.5 cm³/mol. The van der Waals surface area contributed by atoms with Crippen molar-refractivity contribution in [3.63, 3.8) is 0 Å². The maximum atomic E-state index is 5.25. The van der Waals surface area contributed by atoms with Crippen molar-refractivity contribution >= 4 is 11.5 Å². The lowest BCUT2D eigenvalue weighted by Crippen LogP contribution is -2.10. The number of hydrogen-bond donors (Lipinski definition) is 3. The molecule has 16 heavy (non-hydrogen) atoms. The van der Waals surface area contributed by atoms with Gasteiger partial charge in [0, 0.05) is 30.9 Å². The SMILES string of the molecule is NNc1cc(NCCc2ncon2)ccn1. The Morgan fingerprint density at radius 3 is 3.06 bits per heavy atom. The van der Waals surface area contributed by atoms with Gasteiger partial charge >= 0.3 is 0 Å². The van der Waals surface area contributed by atoms with Crippen LogP contribution in [-0.4, -0.2) is 21.7 Å². The Morgan fingerprint density at radius 2 is 2.31 bits per heavy atom. The van der Waals surface area contributed by atoms with E-state index in [2.05, 4.69) is 30.4 Å². The average molecular weight is 220 g/mol. The molecule has 0 amide bonds. The number of nitrogen functional groups attached to an aromatic ring is 1. The maximum Gasteiger partial charge on any atom is 0.213 e. The minimum atomic E-state index is 0.615. The number of nitrogens with zero attached hydrogens (tertiary/aromatic N) is 3. The van der Waals surface area contributed by atoms with Crippen LogP contribution in [0.5, 0.6) is 0 Å². The zero-order valence-corrected chi connectivity index (χ0v) is 8.55. The lowest BCUT2D eigenvalue weighted by molar-refractivity contribution is 0.410. The third-order valence-electron chi connectivity index (χ3n) is 1.99. The first-order valence-corrected chi connectivity index (χ1v) is 4.80. The topological polar surface area (TPSA) is 102 Å². The molecular weight excluding hydrogens is 208 g/mol. The van der Waals surface area contributed by atoms with Gasteiger partial charge in [-0.05, 0) is 6.07 Å². The zero-order valence-electron chi connectivity index (χ0n) is 8.55. The molecule has 2 rings (SSSR count). The molecule has 0 bridgehead atoms. The van der Waals surface area contributed by atoms with Crippen LogP contribution in [0.4, 0.5) is 11.5 Å². The lowest BCUT2D eigenvalue weighted by Gasteiger charge is -2.05. The summed E-state index contributed by atoms with van der Waals surface area (Å²) in [6.07, 6.45) is 3.69. The first-order valence-electron chi connectivity index (χ1n) is 4.80. The van der Waals surface area contributed by atoms with Crippen LogP contribution in [0.1, 0.15) is 5.82 Å². The van der Waals surface area contributed by atoms with Crippen molar-refractivity contribution in [3.05, 3.63) is 30.5 Å². The number of hydrogen-bond acceptors (Lipinski definition) is 7. The van der Waals surface area contributed by atoms with E-state index in [1.165, 1.54) is 6.39 Å². The van der Waals surface area contributed by atoms with Gasteiger partial charge in [-0.2, -0.15) is 4.98 Å². The molecule has 4 N–H and O–H groups in total. The van der Waals surface area contributed by atoms with E-state index >= 15 is 0 Å². The Kier molecular flexibility index (Phi) is 3.29. The number of anilines is 2. The molecule has 2 aromatic heterocycles. The summed E-state index contributed by atoms with van der Waals surface area (Å²) in [6, 6.07) is 3.67. The third-order valence-corrected chi connectivity index (χ3v) is 1.99. The smallest absolute Gasteiger partial charge is 0.213 e. The monoisotopic (exact) mass is 220 g/mol. The summed E-state index contributed by atoms with van der Waals surface area (Å²) in [5.41, 5.74) is 3.42. The molecule has 0 aliphatic rings. The molecule has 0 aliphatic carbocycles. The van der Waals surface area contributed by atoms with Crippen molar-refractivity contribution in [2.45, 2.75) is 6.42 Å². The number of pyridine rings is 1. The van der Waals surface area contributed by atoms with Crippen LogP contribution in [0.25, 0.3) is 0 Å². The van der Waals surface area contributed by atoms with Gasteiger partial charge in [-0.15, -0.1) is 0 Å². The van der Waals surface area contributed by atoms with Crippen LogP contribution in [-0.2, 0) is 6.42 Å². The number of nitrogens with two attached hydrogens (primary N) is 1. The van der Waals surface area contributed by atoms with Gasteiger partial charge in [0.05, 0.1) is 0 Å². The highest BCUT2D eigenvalue weighted by Crippen LogP contribution is 2.10. The zero-order chi connectivity index (χ0) is 11.2. The fourth-order valence-corrected chi connectivity index (χ4v) is 1.24. The molecule has 0 aromatic carbocycles. The van der Waals surface area contributed by atoms with E-state index in [1.807, 2.05) is 12.1 Å². The van der Waals surface area contributed by atoms with E-state index in [1.54, 1.807) is 6.20 Å². The molecule has 0 saturated carbocycles. The Labute approximate surface area is 92.0 Å². The summed E-state index contributed by atoms with van der Waals surface area (Å²) in [5.74, 6) is 6.55. The second-order valence-corrected chi connectivity index (χ2v) is 3.10. The van der Waals surface area contributed by atoms with Gasteiger partial charge in [0.15, 0.2) is 5.82 Å². The molecule has 0 saturated heterocycles. The van der Waals surface area contributed by atoms with E-state index in [-0.39, 0.29) is 0 Å². The Bertz CT molecular complexity index is 429. The molecule has 0 spiro atoms. The molecule has 2 aromatic rings. The first kappa shape index (κ1) is 10.4. The van der Waals surface area contributed by atoms with Crippen LogP contribution < -0.4 is 16.6 Å². The van der Waals surface area contributed by atoms with Crippen molar-refractivity contribution in [1.29, 1.82) is 0 Å². The van der Waals surface area contributed by atoms with E-state index in [0.717, 1.165) is 5.69 Å². The highest BCUT2D eigenvalue weighted by molar-refractivity contribution is 5.51. The van der Waals surface area contributed by atoms with Crippen LogP contribution >= 0.6 is 0 Å². The molecule has 0 radical (unpaired) electrons. The van der Waals surface area contributed by atoms with E-state index in [0.29, 0.717) is 24.6 Å². The third kappa shape index (κ3) is 2.67. The van der Waals surface area contributed by atoms with E-state index in [4.69, 9.17) is 5.84 Å². The second-order valence-electron chi connectivity index (χ2n) is 3.10. The second kappa shape index (κ2) is 5.08. The molecule has 7 nitrogen and oxygen atoms in total.